The summed E-state index contributed by atoms with van der Waals surface area (Å²) < 4.78 is 27.9. The Hall–Kier alpha value is -2.97. The molecule has 8 heteroatoms. The van der Waals surface area contributed by atoms with Crippen molar-refractivity contribution in [1.82, 2.24) is 5.43 Å². The fourth-order valence-electron chi connectivity index (χ4n) is 2.92. The number of thiophene rings is 1. The van der Waals surface area contributed by atoms with Crippen LogP contribution in [0.1, 0.15) is 21.6 Å². The van der Waals surface area contributed by atoms with Crippen LogP contribution in [-0.4, -0.2) is 27.1 Å². The SMILES string of the molecule is Cc1ccc(S(=O)(=O)N(CC(=O)N/N=C/c2cccs2)c2ccc(C)cc2C)cc1. The van der Waals surface area contributed by atoms with Gasteiger partial charge in [-0.2, -0.15) is 5.10 Å². The molecule has 156 valence electrons. The zero-order valence-corrected chi connectivity index (χ0v) is 18.6. The van der Waals surface area contributed by atoms with E-state index in [-0.39, 0.29) is 11.4 Å². The second-order valence-electron chi connectivity index (χ2n) is 6.92. The minimum atomic E-state index is -3.95. The van der Waals surface area contributed by atoms with Gasteiger partial charge in [0.2, 0.25) is 0 Å². The summed E-state index contributed by atoms with van der Waals surface area (Å²) in [4.78, 5) is 13.5. The van der Waals surface area contributed by atoms with E-state index in [1.807, 2.05) is 50.4 Å². The molecule has 0 radical (unpaired) electrons. The van der Waals surface area contributed by atoms with Crippen molar-refractivity contribution in [2.24, 2.45) is 5.10 Å². The number of nitrogens with one attached hydrogen (secondary N) is 1. The highest BCUT2D eigenvalue weighted by Gasteiger charge is 2.28. The second kappa shape index (κ2) is 9.23. The van der Waals surface area contributed by atoms with Gasteiger partial charge in [-0.3, -0.25) is 9.10 Å². The molecule has 3 rings (SSSR count). The summed E-state index contributed by atoms with van der Waals surface area (Å²) in [5.74, 6) is -0.529. The molecule has 30 heavy (non-hydrogen) atoms. The number of carbonyl (C=O) groups excluding carboxylic acids is 1. The molecule has 1 N–H and O–H groups in total. The van der Waals surface area contributed by atoms with Gasteiger partial charge in [-0.1, -0.05) is 41.5 Å². The second-order valence-corrected chi connectivity index (χ2v) is 9.76. The van der Waals surface area contributed by atoms with E-state index in [0.29, 0.717) is 5.69 Å². The molecule has 0 saturated carbocycles. The summed E-state index contributed by atoms with van der Waals surface area (Å²) in [6, 6.07) is 15.7. The first-order valence-electron chi connectivity index (χ1n) is 9.29. The van der Waals surface area contributed by atoms with Crippen LogP contribution in [0.25, 0.3) is 0 Å². The first-order chi connectivity index (χ1) is 14.3. The Labute approximate surface area is 180 Å². The van der Waals surface area contributed by atoms with Crippen molar-refractivity contribution in [1.29, 1.82) is 0 Å². The number of hydrogen-bond acceptors (Lipinski definition) is 5. The first kappa shape index (κ1) is 21.7. The highest BCUT2D eigenvalue weighted by Crippen LogP contribution is 2.27. The van der Waals surface area contributed by atoms with Crippen LogP contribution in [0, 0.1) is 20.8 Å². The quantitative estimate of drug-likeness (QED) is 0.444. The number of amides is 1. The molecule has 0 aliphatic heterocycles. The molecule has 0 atom stereocenters. The highest BCUT2D eigenvalue weighted by molar-refractivity contribution is 7.92. The van der Waals surface area contributed by atoms with Gasteiger partial charge in [-0.25, -0.2) is 13.8 Å². The largest absolute Gasteiger partial charge is 0.271 e. The number of hydrazone groups is 1. The fourth-order valence-corrected chi connectivity index (χ4v) is 4.99. The van der Waals surface area contributed by atoms with Crippen molar-refractivity contribution >= 4 is 39.2 Å². The van der Waals surface area contributed by atoms with Gasteiger partial charge < -0.3 is 0 Å². The van der Waals surface area contributed by atoms with Crippen LogP contribution < -0.4 is 9.73 Å². The average molecular weight is 442 g/mol. The van der Waals surface area contributed by atoms with Crippen LogP contribution >= 0.6 is 11.3 Å². The average Bonchev–Trinajstić information content (AvgIpc) is 3.20. The Bertz CT molecular complexity index is 1150. The van der Waals surface area contributed by atoms with E-state index in [0.717, 1.165) is 25.9 Å². The summed E-state index contributed by atoms with van der Waals surface area (Å²) >= 11 is 1.48. The van der Waals surface area contributed by atoms with Gasteiger partial charge in [0, 0.05) is 4.88 Å². The summed E-state index contributed by atoms with van der Waals surface area (Å²) in [5.41, 5.74) is 5.60. The van der Waals surface area contributed by atoms with Crippen molar-refractivity contribution in [3.63, 3.8) is 0 Å². The Morgan fingerprint density at radius 1 is 1.07 bits per heavy atom. The zero-order chi connectivity index (χ0) is 21.7. The summed E-state index contributed by atoms with van der Waals surface area (Å²) in [5, 5.41) is 5.83. The lowest BCUT2D eigenvalue weighted by Crippen LogP contribution is -2.40. The Morgan fingerprint density at radius 3 is 2.40 bits per heavy atom. The van der Waals surface area contributed by atoms with Crippen LogP contribution in [0.2, 0.25) is 0 Å². The summed E-state index contributed by atoms with van der Waals surface area (Å²) in [6.45, 7) is 5.26. The lowest BCUT2D eigenvalue weighted by molar-refractivity contribution is -0.119. The molecule has 0 spiro atoms. The first-order valence-corrected chi connectivity index (χ1v) is 11.6. The molecule has 0 unspecified atom stereocenters. The number of nitrogens with zero attached hydrogens (tertiary/aromatic N) is 2. The van der Waals surface area contributed by atoms with E-state index >= 15 is 0 Å². The van der Waals surface area contributed by atoms with Crippen molar-refractivity contribution in [3.05, 3.63) is 81.5 Å². The summed E-state index contributed by atoms with van der Waals surface area (Å²) in [7, 11) is -3.95. The van der Waals surface area contributed by atoms with Crippen LogP contribution in [0.4, 0.5) is 5.69 Å². The molecule has 0 bridgehead atoms. The van der Waals surface area contributed by atoms with Gasteiger partial charge in [-0.05, 0) is 56.0 Å². The molecular weight excluding hydrogens is 418 g/mol. The van der Waals surface area contributed by atoms with Crippen molar-refractivity contribution in [2.75, 3.05) is 10.8 Å². The lowest BCUT2D eigenvalue weighted by Gasteiger charge is -2.25. The Kier molecular flexibility index (Phi) is 6.69. The molecule has 0 aliphatic carbocycles. The molecule has 1 amide bonds. The van der Waals surface area contributed by atoms with Crippen LogP contribution in [0.3, 0.4) is 0 Å². The van der Waals surface area contributed by atoms with E-state index in [1.54, 1.807) is 30.3 Å². The van der Waals surface area contributed by atoms with Gasteiger partial charge >= 0.3 is 0 Å². The van der Waals surface area contributed by atoms with Crippen molar-refractivity contribution in [3.8, 4) is 0 Å². The number of aryl methyl sites for hydroxylation is 3. The number of benzene rings is 2. The number of rotatable bonds is 7. The normalized spacial score (nSPS) is 11.6. The third-order valence-corrected chi connectivity index (χ3v) is 7.02. The molecule has 0 saturated heterocycles. The summed E-state index contributed by atoms with van der Waals surface area (Å²) in [6.07, 6.45) is 1.53. The topological polar surface area (TPSA) is 78.8 Å². The third kappa shape index (κ3) is 5.14. The highest BCUT2D eigenvalue weighted by atomic mass is 32.2. The molecule has 6 nitrogen and oxygen atoms in total. The monoisotopic (exact) mass is 441 g/mol. The van der Waals surface area contributed by atoms with Crippen molar-refractivity contribution in [2.45, 2.75) is 25.7 Å². The van der Waals surface area contributed by atoms with Gasteiger partial charge in [0.1, 0.15) is 6.54 Å². The fraction of sp³-hybridized carbons (Fsp3) is 0.182. The predicted molar refractivity (Wildman–Crippen MR) is 122 cm³/mol. The number of anilines is 1. The molecule has 0 aliphatic rings. The van der Waals surface area contributed by atoms with Crippen LogP contribution in [0.5, 0.6) is 0 Å². The smallest absolute Gasteiger partial charge is 0.264 e. The van der Waals surface area contributed by atoms with Gasteiger partial charge in [0.05, 0.1) is 16.8 Å². The molecule has 1 aromatic heterocycles. The minimum Gasteiger partial charge on any atom is -0.271 e. The standard InChI is InChI=1S/C22H23N3O3S2/c1-16-6-9-20(10-7-16)30(27,28)25(21-11-8-17(2)13-18(21)3)15-22(26)24-23-14-19-5-4-12-29-19/h4-14H,15H2,1-3H3,(H,24,26)/b23-14+. The van der Waals surface area contributed by atoms with Crippen molar-refractivity contribution < 1.29 is 13.2 Å². The maximum Gasteiger partial charge on any atom is 0.264 e. The number of sulfonamides is 1. The zero-order valence-electron chi connectivity index (χ0n) is 17.0. The number of hydrogen-bond donors (Lipinski definition) is 1. The minimum absolute atomic E-state index is 0.128. The molecule has 3 aromatic rings. The Morgan fingerprint density at radius 2 is 1.77 bits per heavy atom. The molecule has 0 fully saturated rings. The van der Waals surface area contributed by atoms with Gasteiger partial charge in [0.15, 0.2) is 0 Å². The van der Waals surface area contributed by atoms with E-state index < -0.39 is 15.9 Å². The van der Waals surface area contributed by atoms with E-state index in [1.165, 1.54) is 17.6 Å². The van der Waals surface area contributed by atoms with Gasteiger partial charge in [0.25, 0.3) is 15.9 Å². The van der Waals surface area contributed by atoms with Crippen LogP contribution in [0.15, 0.2) is 70.0 Å². The maximum atomic E-state index is 13.4. The lowest BCUT2D eigenvalue weighted by atomic mass is 10.1. The maximum absolute atomic E-state index is 13.4. The number of carbonyl (C=O) groups is 1. The molecule has 2 aromatic carbocycles. The van der Waals surface area contributed by atoms with Crippen LogP contribution in [-0.2, 0) is 14.8 Å². The molecule has 1 heterocycles. The Balaban J connectivity index is 1.91. The predicted octanol–water partition coefficient (Wildman–Crippen LogP) is 4.02. The third-order valence-electron chi connectivity index (χ3n) is 4.44. The van der Waals surface area contributed by atoms with E-state index in [4.69, 9.17) is 0 Å². The van der Waals surface area contributed by atoms with E-state index in [2.05, 4.69) is 10.5 Å². The van der Waals surface area contributed by atoms with E-state index in [9.17, 15) is 13.2 Å². The van der Waals surface area contributed by atoms with Gasteiger partial charge in [-0.15, -0.1) is 11.3 Å². The molecular formula is C22H23N3O3S2.